The van der Waals surface area contributed by atoms with E-state index in [9.17, 15) is 0 Å². The van der Waals surface area contributed by atoms with Gasteiger partial charge in [-0.25, -0.2) is 0 Å². The topological polar surface area (TPSA) is 58.4 Å². The van der Waals surface area contributed by atoms with Gasteiger partial charge in [-0.15, -0.1) is 0 Å². The predicted molar refractivity (Wildman–Crippen MR) is 71.3 cm³/mol. The lowest BCUT2D eigenvalue weighted by molar-refractivity contribution is 0.319. The molecule has 0 saturated heterocycles. The van der Waals surface area contributed by atoms with Gasteiger partial charge >= 0.3 is 0 Å². The summed E-state index contributed by atoms with van der Waals surface area (Å²) in [5.41, 5.74) is 1.46. The summed E-state index contributed by atoms with van der Waals surface area (Å²) in [6.45, 7) is 0. The van der Waals surface area contributed by atoms with E-state index in [1.807, 2.05) is 12.1 Å². The number of pyridine rings is 2. The van der Waals surface area contributed by atoms with Crippen molar-refractivity contribution in [3.05, 3.63) is 57.0 Å². The molecule has 2 rings (SSSR count). The van der Waals surface area contributed by atoms with Crippen molar-refractivity contribution < 1.29 is 5.21 Å². The van der Waals surface area contributed by atoms with Crippen LogP contribution in [0.2, 0.25) is 0 Å². The van der Waals surface area contributed by atoms with E-state index in [-0.39, 0.29) is 0 Å². The second kappa shape index (κ2) is 5.37. The van der Waals surface area contributed by atoms with Crippen LogP contribution in [0, 0.1) is 0 Å². The highest BCUT2D eigenvalue weighted by Gasteiger charge is 2.10. The van der Waals surface area contributed by atoms with E-state index < -0.39 is 0 Å². The van der Waals surface area contributed by atoms with Crippen LogP contribution >= 0.6 is 31.9 Å². The maximum absolute atomic E-state index is 9.06. The zero-order valence-corrected chi connectivity index (χ0v) is 11.7. The van der Waals surface area contributed by atoms with Crippen LogP contribution in [0.3, 0.4) is 0 Å². The largest absolute Gasteiger partial charge is 0.410 e. The number of rotatable bonds is 2. The molecule has 0 amide bonds. The summed E-state index contributed by atoms with van der Waals surface area (Å²) >= 11 is 6.59. The van der Waals surface area contributed by atoms with Crippen molar-refractivity contribution in [2.75, 3.05) is 0 Å². The van der Waals surface area contributed by atoms with Gasteiger partial charge in [0.1, 0.15) is 0 Å². The van der Waals surface area contributed by atoms with Gasteiger partial charge < -0.3 is 5.21 Å². The molecule has 0 saturated carbocycles. The lowest BCUT2D eigenvalue weighted by Gasteiger charge is -2.03. The molecule has 0 aliphatic carbocycles. The normalized spacial score (nSPS) is 10.0. The van der Waals surface area contributed by atoms with Crippen molar-refractivity contribution in [3.63, 3.8) is 0 Å². The molecule has 0 spiro atoms. The standard InChI is InChI=1S/C11H7Br2N3O/c12-7-1-3-9(14-5-7)11(16-17)10-4-2-8(13)6-15-10/h1-6,17H. The molecule has 2 heterocycles. The van der Waals surface area contributed by atoms with Crippen LogP contribution in [0.25, 0.3) is 0 Å². The molecule has 0 unspecified atom stereocenters. The molecule has 0 atom stereocenters. The van der Waals surface area contributed by atoms with Crippen LogP contribution in [0.15, 0.2) is 50.8 Å². The van der Waals surface area contributed by atoms with E-state index in [2.05, 4.69) is 47.0 Å². The van der Waals surface area contributed by atoms with Crippen molar-refractivity contribution >= 4 is 37.6 Å². The zero-order valence-electron chi connectivity index (χ0n) is 8.51. The molecule has 2 aromatic rings. The van der Waals surface area contributed by atoms with Crippen LogP contribution in [-0.2, 0) is 0 Å². The van der Waals surface area contributed by atoms with E-state index in [0.717, 1.165) is 8.95 Å². The number of aromatic nitrogens is 2. The molecule has 4 nitrogen and oxygen atoms in total. The Morgan fingerprint density at radius 2 is 1.41 bits per heavy atom. The van der Waals surface area contributed by atoms with Crippen LogP contribution < -0.4 is 0 Å². The summed E-state index contributed by atoms with van der Waals surface area (Å²) in [5, 5.41) is 12.3. The van der Waals surface area contributed by atoms with Gasteiger partial charge in [-0.3, -0.25) is 9.97 Å². The summed E-state index contributed by atoms with van der Waals surface area (Å²) in [6, 6.07) is 7.16. The van der Waals surface area contributed by atoms with Crippen LogP contribution in [-0.4, -0.2) is 20.9 Å². The zero-order chi connectivity index (χ0) is 12.3. The fourth-order valence-corrected chi connectivity index (χ4v) is 1.73. The third kappa shape index (κ3) is 2.89. The first-order valence-corrected chi connectivity index (χ1v) is 6.25. The Morgan fingerprint density at radius 1 is 0.941 bits per heavy atom. The highest BCUT2D eigenvalue weighted by atomic mass is 79.9. The summed E-state index contributed by atoms with van der Waals surface area (Å²) < 4.78 is 1.73. The van der Waals surface area contributed by atoms with Crippen molar-refractivity contribution in [3.8, 4) is 0 Å². The predicted octanol–water partition coefficient (Wildman–Crippen LogP) is 3.23. The Bertz CT molecular complexity index is 490. The third-order valence-corrected chi connectivity index (χ3v) is 2.98. The third-order valence-electron chi connectivity index (χ3n) is 2.04. The second-order valence-electron chi connectivity index (χ2n) is 3.17. The molecule has 0 aliphatic rings. The Morgan fingerprint density at radius 3 is 1.71 bits per heavy atom. The SMILES string of the molecule is ON=C(c1ccc(Br)cn1)c1ccc(Br)cn1. The Labute approximate surface area is 115 Å². The van der Waals surface area contributed by atoms with Crippen LogP contribution in [0.1, 0.15) is 11.4 Å². The monoisotopic (exact) mass is 355 g/mol. The molecular weight excluding hydrogens is 350 g/mol. The summed E-state index contributed by atoms with van der Waals surface area (Å²) in [4.78, 5) is 8.32. The lowest BCUT2D eigenvalue weighted by atomic mass is 10.1. The highest BCUT2D eigenvalue weighted by Crippen LogP contribution is 2.13. The van der Waals surface area contributed by atoms with Gasteiger partial charge in [0.05, 0.1) is 11.4 Å². The molecule has 6 heteroatoms. The van der Waals surface area contributed by atoms with Crippen LogP contribution in [0.4, 0.5) is 0 Å². The van der Waals surface area contributed by atoms with Crippen molar-refractivity contribution in [1.82, 2.24) is 9.97 Å². The van der Waals surface area contributed by atoms with Gasteiger partial charge in [-0.1, -0.05) is 5.16 Å². The molecule has 0 aliphatic heterocycles. The lowest BCUT2D eigenvalue weighted by Crippen LogP contribution is -2.07. The fourth-order valence-electron chi connectivity index (χ4n) is 1.27. The number of halogens is 2. The van der Waals surface area contributed by atoms with Gasteiger partial charge in [-0.05, 0) is 56.1 Å². The first kappa shape index (κ1) is 12.2. The number of hydrogen-bond acceptors (Lipinski definition) is 4. The molecule has 0 radical (unpaired) electrons. The van der Waals surface area contributed by atoms with E-state index in [1.165, 1.54) is 0 Å². The van der Waals surface area contributed by atoms with Gasteiger partial charge in [0.2, 0.25) is 0 Å². The van der Waals surface area contributed by atoms with Gasteiger partial charge in [-0.2, -0.15) is 0 Å². The molecule has 0 bridgehead atoms. The van der Waals surface area contributed by atoms with E-state index in [4.69, 9.17) is 5.21 Å². The number of hydrogen-bond donors (Lipinski definition) is 1. The maximum Gasteiger partial charge on any atom is 0.153 e. The molecular formula is C11H7Br2N3O. The first-order valence-electron chi connectivity index (χ1n) is 4.66. The summed E-state index contributed by atoms with van der Waals surface area (Å²) in [5.74, 6) is 0. The molecule has 17 heavy (non-hydrogen) atoms. The van der Waals surface area contributed by atoms with Crippen molar-refractivity contribution in [2.24, 2.45) is 5.16 Å². The molecule has 2 aromatic heterocycles. The smallest absolute Gasteiger partial charge is 0.153 e. The van der Waals surface area contributed by atoms with Crippen molar-refractivity contribution in [1.29, 1.82) is 0 Å². The minimum absolute atomic E-state index is 0.338. The van der Waals surface area contributed by atoms with E-state index in [1.54, 1.807) is 24.5 Å². The highest BCUT2D eigenvalue weighted by molar-refractivity contribution is 9.10. The van der Waals surface area contributed by atoms with Crippen LogP contribution in [0.5, 0.6) is 0 Å². The molecule has 0 aromatic carbocycles. The summed E-state index contributed by atoms with van der Waals surface area (Å²) in [6.07, 6.45) is 3.28. The van der Waals surface area contributed by atoms with Gasteiger partial charge in [0.15, 0.2) is 5.71 Å². The molecule has 0 fully saturated rings. The minimum atomic E-state index is 0.338. The number of nitrogens with zero attached hydrogens (tertiary/aromatic N) is 3. The first-order chi connectivity index (χ1) is 8.20. The maximum atomic E-state index is 9.06. The van der Waals surface area contributed by atoms with Crippen molar-refractivity contribution in [2.45, 2.75) is 0 Å². The van der Waals surface area contributed by atoms with E-state index in [0.29, 0.717) is 17.1 Å². The molecule has 86 valence electrons. The Kier molecular flexibility index (Phi) is 3.86. The average molecular weight is 357 g/mol. The molecule has 1 N–H and O–H groups in total. The van der Waals surface area contributed by atoms with E-state index >= 15 is 0 Å². The second-order valence-corrected chi connectivity index (χ2v) is 5.00. The summed E-state index contributed by atoms with van der Waals surface area (Å²) in [7, 11) is 0. The average Bonchev–Trinajstić information content (AvgIpc) is 2.35. The Balaban J connectivity index is 2.41. The minimum Gasteiger partial charge on any atom is -0.410 e. The quantitative estimate of drug-likeness (QED) is 0.510. The Hall–Kier alpha value is -1.27. The number of oxime groups is 1. The fraction of sp³-hybridized carbons (Fsp3) is 0. The van der Waals surface area contributed by atoms with Gasteiger partial charge in [0.25, 0.3) is 0 Å². The van der Waals surface area contributed by atoms with Gasteiger partial charge in [0, 0.05) is 21.3 Å².